The molecule has 1 atom stereocenters. The first kappa shape index (κ1) is 21.5. The lowest BCUT2D eigenvalue weighted by atomic mass is 10.0. The molecule has 0 bridgehead atoms. The average molecular weight is 413 g/mol. The minimum absolute atomic E-state index is 0.104. The molecule has 0 aromatic heterocycles. The summed E-state index contributed by atoms with van der Waals surface area (Å²) in [6.07, 6.45) is 2.12. The summed E-state index contributed by atoms with van der Waals surface area (Å²) in [6.45, 7) is 1.99. The predicted molar refractivity (Wildman–Crippen MR) is 111 cm³/mol. The topological polar surface area (TPSA) is 83.1 Å². The number of amides is 1. The molecule has 1 saturated carbocycles. The summed E-state index contributed by atoms with van der Waals surface area (Å²) in [5.41, 5.74) is 1.30. The number of carbonyl (C=O) groups excluding carboxylic acids is 2. The van der Waals surface area contributed by atoms with Gasteiger partial charge in [-0.2, -0.15) is 0 Å². The average Bonchev–Trinajstić information content (AvgIpc) is 3.61. The van der Waals surface area contributed by atoms with E-state index in [-0.39, 0.29) is 24.1 Å². The van der Waals surface area contributed by atoms with E-state index in [0.717, 1.165) is 24.2 Å². The molecule has 1 aliphatic rings. The highest BCUT2D eigenvalue weighted by atomic mass is 16.5. The van der Waals surface area contributed by atoms with Gasteiger partial charge in [0.15, 0.2) is 18.1 Å². The van der Waals surface area contributed by atoms with Gasteiger partial charge in [0.05, 0.1) is 32.4 Å². The second kappa shape index (κ2) is 10.0. The first-order valence-electron chi connectivity index (χ1n) is 9.97. The summed E-state index contributed by atoms with van der Waals surface area (Å²) >= 11 is 0. The maximum atomic E-state index is 12.4. The van der Waals surface area contributed by atoms with E-state index in [4.69, 9.17) is 18.9 Å². The van der Waals surface area contributed by atoms with Crippen LogP contribution < -0.4 is 19.5 Å². The zero-order chi connectivity index (χ0) is 21.5. The van der Waals surface area contributed by atoms with Crippen molar-refractivity contribution < 1.29 is 28.5 Å². The van der Waals surface area contributed by atoms with Crippen LogP contribution in [0.4, 0.5) is 0 Å². The molecule has 0 saturated heterocycles. The Labute approximate surface area is 176 Å². The zero-order valence-corrected chi connectivity index (χ0v) is 17.5. The van der Waals surface area contributed by atoms with Gasteiger partial charge in [-0.15, -0.1) is 0 Å². The fourth-order valence-electron chi connectivity index (χ4n) is 3.21. The lowest BCUT2D eigenvalue weighted by Gasteiger charge is -2.19. The summed E-state index contributed by atoms with van der Waals surface area (Å²) in [6, 6.07) is 12.3. The second-order valence-electron chi connectivity index (χ2n) is 7.03. The Bertz CT molecular complexity index is 876. The summed E-state index contributed by atoms with van der Waals surface area (Å²) in [4.78, 5) is 24.8. The van der Waals surface area contributed by atoms with Crippen LogP contribution in [0, 0.1) is 5.92 Å². The molecule has 3 rings (SSSR count). The molecule has 1 N–H and O–H groups in total. The Hall–Kier alpha value is -3.22. The van der Waals surface area contributed by atoms with Crippen molar-refractivity contribution in [1.82, 2.24) is 5.32 Å². The van der Waals surface area contributed by atoms with Crippen molar-refractivity contribution in [2.45, 2.75) is 25.8 Å². The number of ether oxygens (including phenoxy) is 4. The largest absolute Gasteiger partial charge is 0.497 e. The lowest BCUT2D eigenvalue weighted by molar-refractivity contribution is -0.125. The molecule has 160 valence electrons. The number of nitrogens with one attached hydrogen (secondary N) is 1. The molecule has 1 aliphatic carbocycles. The molecule has 1 unspecified atom stereocenters. The lowest BCUT2D eigenvalue weighted by Crippen LogP contribution is -2.33. The quantitative estimate of drug-likeness (QED) is 0.600. The molecule has 0 radical (unpaired) electrons. The zero-order valence-electron chi connectivity index (χ0n) is 17.5. The minimum Gasteiger partial charge on any atom is -0.497 e. The van der Waals surface area contributed by atoms with E-state index < -0.39 is 5.97 Å². The molecule has 2 aromatic carbocycles. The van der Waals surface area contributed by atoms with E-state index in [1.54, 1.807) is 19.2 Å². The summed E-state index contributed by atoms with van der Waals surface area (Å²) in [7, 11) is 3.11. The fourth-order valence-corrected chi connectivity index (χ4v) is 3.21. The Balaban J connectivity index is 1.58. The number of hydrogen-bond acceptors (Lipinski definition) is 6. The van der Waals surface area contributed by atoms with Crippen LogP contribution in [-0.2, 0) is 9.53 Å². The van der Waals surface area contributed by atoms with Gasteiger partial charge in [-0.05, 0) is 61.6 Å². The van der Waals surface area contributed by atoms with E-state index in [1.165, 1.54) is 13.2 Å². The third-order valence-electron chi connectivity index (χ3n) is 4.92. The molecule has 0 aliphatic heterocycles. The number of esters is 1. The third-order valence-corrected chi connectivity index (χ3v) is 4.92. The normalized spacial score (nSPS) is 13.8. The summed E-state index contributed by atoms with van der Waals surface area (Å²) < 4.78 is 21.1. The number of carbonyl (C=O) groups is 2. The summed E-state index contributed by atoms with van der Waals surface area (Å²) in [5, 5.41) is 2.99. The van der Waals surface area contributed by atoms with E-state index in [2.05, 4.69) is 5.32 Å². The Morgan fingerprint density at radius 3 is 2.37 bits per heavy atom. The smallest absolute Gasteiger partial charge is 0.338 e. The highest BCUT2D eigenvalue weighted by Crippen LogP contribution is 2.41. The molecule has 0 spiro atoms. The van der Waals surface area contributed by atoms with Gasteiger partial charge in [0, 0.05) is 0 Å². The van der Waals surface area contributed by atoms with Crippen LogP contribution in [0.15, 0.2) is 42.5 Å². The van der Waals surface area contributed by atoms with E-state index >= 15 is 0 Å². The molecule has 1 amide bonds. The van der Waals surface area contributed by atoms with Crippen LogP contribution in [0.1, 0.15) is 41.7 Å². The van der Waals surface area contributed by atoms with Gasteiger partial charge in [0.2, 0.25) is 0 Å². The molecule has 7 nitrogen and oxygen atoms in total. The van der Waals surface area contributed by atoms with Crippen molar-refractivity contribution in [3.63, 3.8) is 0 Å². The van der Waals surface area contributed by atoms with Gasteiger partial charge >= 0.3 is 5.97 Å². The molecular formula is C23H27NO6. The predicted octanol–water partition coefficient (Wildman–Crippen LogP) is 3.53. The van der Waals surface area contributed by atoms with Crippen molar-refractivity contribution in [3.05, 3.63) is 53.6 Å². The first-order valence-corrected chi connectivity index (χ1v) is 9.97. The number of benzene rings is 2. The maximum absolute atomic E-state index is 12.4. The monoisotopic (exact) mass is 413 g/mol. The highest BCUT2D eigenvalue weighted by Gasteiger charge is 2.33. The second-order valence-corrected chi connectivity index (χ2v) is 7.03. The van der Waals surface area contributed by atoms with Crippen LogP contribution in [0.25, 0.3) is 0 Å². The van der Waals surface area contributed by atoms with Crippen LogP contribution >= 0.6 is 0 Å². The first-order chi connectivity index (χ1) is 14.5. The Kier molecular flexibility index (Phi) is 7.17. The molecule has 0 heterocycles. The van der Waals surface area contributed by atoms with Crippen LogP contribution in [0.3, 0.4) is 0 Å². The van der Waals surface area contributed by atoms with Gasteiger partial charge < -0.3 is 24.3 Å². The van der Waals surface area contributed by atoms with Crippen molar-refractivity contribution in [2.75, 3.05) is 27.4 Å². The summed E-state index contributed by atoms with van der Waals surface area (Å²) in [5.74, 6) is 1.20. The van der Waals surface area contributed by atoms with Crippen molar-refractivity contribution in [3.8, 4) is 17.2 Å². The van der Waals surface area contributed by atoms with E-state index in [0.29, 0.717) is 24.0 Å². The van der Waals surface area contributed by atoms with Gasteiger partial charge in [-0.3, -0.25) is 4.79 Å². The van der Waals surface area contributed by atoms with Crippen molar-refractivity contribution in [1.29, 1.82) is 0 Å². The minimum atomic E-state index is -0.598. The molecule has 30 heavy (non-hydrogen) atoms. The molecular weight excluding hydrogens is 386 g/mol. The third kappa shape index (κ3) is 5.43. The van der Waals surface area contributed by atoms with Gasteiger partial charge in [-0.25, -0.2) is 4.79 Å². The maximum Gasteiger partial charge on any atom is 0.338 e. The SMILES string of the molecule is CCOc1ccc(C(=O)OCC(=O)NC(c2ccc(OC)cc2)C2CC2)cc1OC. The van der Waals surface area contributed by atoms with Gasteiger partial charge in [0.1, 0.15) is 5.75 Å². The number of rotatable bonds is 10. The van der Waals surface area contributed by atoms with Gasteiger partial charge in [0.25, 0.3) is 5.91 Å². The Morgan fingerprint density at radius 1 is 1.03 bits per heavy atom. The fraction of sp³-hybridized carbons (Fsp3) is 0.391. The number of hydrogen-bond donors (Lipinski definition) is 1. The van der Waals surface area contributed by atoms with Crippen LogP contribution in [0.2, 0.25) is 0 Å². The van der Waals surface area contributed by atoms with Crippen molar-refractivity contribution >= 4 is 11.9 Å². The molecule has 7 heteroatoms. The van der Waals surface area contributed by atoms with Crippen LogP contribution in [-0.4, -0.2) is 39.3 Å². The molecule has 1 fully saturated rings. The van der Waals surface area contributed by atoms with E-state index in [1.807, 2.05) is 31.2 Å². The van der Waals surface area contributed by atoms with Crippen molar-refractivity contribution in [2.24, 2.45) is 5.92 Å². The molecule has 2 aromatic rings. The van der Waals surface area contributed by atoms with Crippen LogP contribution in [0.5, 0.6) is 17.2 Å². The Morgan fingerprint density at radius 2 is 1.77 bits per heavy atom. The van der Waals surface area contributed by atoms with Gasteiger partial charge in [-0.1, -0.05) is 12.1 Å². The highest BCUT2D eigenvalue weighted by molar-refractivity contribution is 5.92. The van der Waals surface area contributed by atoms with E-state index in [9.17, 15) is 9.59 Å². The standard InChI is InChI=1S/C23H27NO6/c1-4-29-19-12-9-17(13-20(19)28-3)23(26)30-14-21(25)24-22(15-5-6-15)16-7-10-18(27-2)11-8-16/h7-13,15,22H,4-6,14H2,1-3H3,(H,24,25). The number of methoxy groups -OCH3 is 2.